The van der Waals surface area contributed by atoms with E-state index in [4.69, 9.17) is 5.11 Å². The average Bonchev–Trinajstić information content (AvgIpc) is 2.72. The van der Waals surface area contributed by atoms with Gasteiger partial charge in [-0.1, -0.05) is 0 Å². The van der Waals surface area contributed by atoms with Crippen molar-refractivity contribution >= 4 is 12.3 Å². The third-order valence-corrected chi connectivity index (χ3v) is 2.33. The van der Waals surface area contributed by atoms with Gasteiger partial charge in [0.25, 0.3) is 0 Å². The number of halogens is 1. The van der Waals surface area contributed by atoms with Crippen molar-refractivity contribution in [3.8, 4) is 5.82 Å². The largest absolute Gasteiger partial charge is 0.476 e. The van der Waals surface area contributed by atoms with Crippen molar-refractivity contribution in [2.75, 3.05) is 0 Å². The molecule has 0 aromatic carbocycles. The summed E-state index contributed by atoms with van der Waals surface area (Å²) in [5.41, 5.74) is 0.0267. The molecule has 0 atom stereocenters. The van der Waals surface area contributed by atoms with E-state index in [1.165, 1.54) is 18.3 Å². The van der Waals surface area contributed by atoms with Crippen LogP contribution in [-0.4, -0.2) is 32.1 Å². The summed E-state index contributed by atoms with van der Waals surface area (Å²) in [6, 6.07) is 2.51. The number of aldehydes is 1. The van der Waals surface area contributed by atoms with Gasteiger partial charge in [0.1, 0.15) is 0 Å². The maximum atomic E-state index is 13.8. The molecule has 0 aliphatic heterocycles. The summed E-state index contributed by atoms with van der Waals surface area (Å²) in [6.07, 6.45) is 1.61. The normalized spacial score (nSPS) is 10.3. The zero-order chi connectivity index (χ0) is 13.3. The summed E-state index contributed by atoms with van der Waals surface area (Å²) in [4.78, 5) is 25.1. The first-order valence-electron chi connectivity index (χ1n) is 4.94. The molecule has 0 fully saturated rings. The zero-order valence-electron chi connectivity index (χ0n) is 9.29. The Hall–Kier alpha value is -2.57. The Morgan fingerprint density at radius 3 is 2.83 bits per heavy atom. The summed E-state index contributed by atoms with van der Waals surface area (Å²) in [5, 5.41) is 12.5. The van der Waals surface area contributed by atoms with Crippen LogP contribution in [0.3, 0.4) is 0 Å². The van der Waals surface area contributed by atoms with Gasteiger partial charge in [0, 0.05) is 11.9 Å². The average molecular weight is 249 g/mol. The first-order valence-corrected chi connectivity index (χ1v) is 4.94. The van der Waals surface area contributed by atoms with E-state index in [1.807, 2.05) is 0 Å². The van der Waals surface area contributed by atoms with Crippen molar-refractivity contribution in [3.05, 3.63) is 41.1 Å². The lowest BCUT2D eigenvalue weighted by Gasteiger charge is -2.05. The SMILES string of the molecule is Cc1cc(C(=O)O)nn1-c1nccc(C=O)c1F. The molecule has 0 saturated carbocycles. The highest BCUT2D eigenvalue weighted by Gasteiger charge is 2.17. The number of nitrogens with zero attached hydrogens (tertiary/aromatic N) is 3. The van der Waals surface area contributed by atoms with Crippen LogP contribution in [0.25, 0.3) is 5.82 Å². The molecule has 0 aliphatic rings. The highest BCUT2D eigenvalue weighted by Crippen LogP contribution is 2.15. The minimum Gasteiger partial charge on any atom is -0.476 e. The molecule has 0 amide bonds. The van der Waals surface area contributed by atoms with E-state index < -0.39 is 11.8 Å². The van der Waals surface area contributed by atoms with Crippen molar-refractivity contribution in [1.82, 2.24) is 14.8 Å². The van der Waals surface area contributed by atoms with Gasteiger partial charge in [-0.05, 0) is 19.1 Å². The molecule has 1 N–H and O–H groups in total. The second-order valence-electron chi connectivity index (χ2n) is 3.54. The second-order valence-corrected chi connectivity index (χ2v) is 3.54. The van der Waals surface area contributed by atoms with Gasteiger partial charge in [0.15, 0.2) is 23.6 Å². The van der Waals surface area contributed by atoms with E-state index in [2.05, 4.69) is 10.1 Å². The molecule has 2 rings (SSSR count). The van der Waals surface area contributed by atoms with Gasteiger partial charge in [-0.2, -0.15) is 5.10 Å². The molecule has 2 aromatic heterocycles. The van der Waals surface area contributed by atoms with Gasteiger partial charge < -0.3 is 5.11 Å². The maximum Gasteiger partial charge on any atom is 0.356 e. The Morgan fingerprint density at radius 2 is 2.28 bits per heavy atom. The van der Waals surface area contributed by atoms with Gasteiger partial charge >= 0.3 is 5.97 Å². The molecular weight excluding hydrogens is 241 g/mol. The first-order chi connectivity index (χ1) is 8.54. The quantitative estimate of drug-likeness (QED) is 0.827. The summed E-state index contributed by atoms with van der Waals surface area (Å²) < 4.78 is 14.9. The Labute approximate surface area is 101 Å². The van der Waals surface area contributed by atoms with Gasteiger partial charge in [0.2, 0.25) is 0 Å². The van der Waals surface area contributed by atoms with Crippen molar-refractivity contribution in [3.63, 3.8) is 0 Å². The molecule has 0 radical (unpaired) electrons. The monoisotopic (exact) mass is 249 g/mol. The minimum absolute atomic E-state index is 0.160. The molecule has 6 nitrogen and oxygen atoms in total. The minimum atomic E-state index is -1.22. The Balaban J connectivity index is 2.62. The van der Waals surface area contributed by atoms with E-state index in [9.17, 15) is 14.0 Å². The van der Waals surface area contributed by atoms with Gasteiger partial charge in [-0.15, -0.1) is 0 Å². The third kappa shape index (κ3) is 1.86. The topological polar surface area (TPSA) is 85.1 Å². The van der Waals surface area contributed by atoms with E-state index in [0.717, 1.165) is 4.68 Å². The predicted octanol–water partition coefficient (Wildman–Crippen LogP) is 1.23. The van der Waals surface area contributed by atoms with E-state index in [1.54, 1.807) is 6.92 Å². The molecule has 0 spiro atoms. The number of carbonyl (C=O) groups is 2. The number of aromatic carboxylic acids is 1. The van der Waals surface area contributed by atoms with Crippen molar-refractivity contribution in [2.45, 2.75) is 6.92 Å². The Morgan fingerprint density at radius 1 is 1.56 bits per heavy atom. The molecule has 0 bridgehead atoms. The molecule has 0 unspecified atom stereocenters. The van der Waals surface area contributed by atoms with Crippen LogP contribution in [0.5, 0.6) is 0 Å². The van der Waals surface area contributed by atoms with Gasteiger partial charge in [-0.25, -0.2) is 18.9 Å². The second kappa shape index (κ2) is 4.36. The fraction of sp³-hybridized carbons (Fsp3) is 0.0909. The van der Waals surface area contributed by atoms with E-state index >= 15 is 0 Å². The standard InChI is InChI=1S/C11H8FN3O3/c1-6-4-8(11(17)18)14-15(6)10-9(12)7(5-16)2-3-13-10/h2-5H,1H3,(H,17,18). The van der Waals surface area contributed by atoms with Crippen LogP contribution in [0, 0.1) is 12.7 Å². The van der Waals surface area contributed by atoms with Crippen LogP contribution < -0.4 is 0 Å². The zero-order valence-corrected chi connectivity index (χ0v) is 9.29. The molecule has 0 saturated heterocycles. The summed E-state index contributed by atoms with van der Waals surface area (Å²) >= 11 is 0. The lowest BCUT2D eigenvalue weighted by molar-refractivity contribution is 0.0689. The number of hydrogen-bond acceptors (Lipinski definition) is 4. The number of pyridine rings is 1. The molecule has 7 heteroatoms. The summed E-state index contributed by atoms with van der Waals surface area (Å²) in [5.74, 6) is -2.26. The Kier molecular flexibility index (Phi) is 2.88. The van der Waals surface area contributed by atoms with Crippen LogP contribution in [0.1, 0.15) is 26.5 Å². The number of rotatable bonds is 3. The highest BCUT2D eigenvalue weighted by atomic mass is 19.1. The number of hydrogen-bond donors (Lipinski definition) is 1. The van der Waals surface area contributed by atoms with Crippen LogP contribution in [0.15, 0.2) is 18.3 Å². The summed E-state index contributed by atoms with van der Waals surface area (Å²) in [7, 11) is 0. The van der Waals surface area contributed by atoms with Gasteiger partial charge in [0.05, 0.1) is 5.56 Å². The fourth-order valence-corrected chi connectivity index (χ4v) is 1.48. The lowest BCUT2D eigenvalue weighted by atomic mass is 10.2. The van der Waals surface area contributed by atoms with Crippen LogP contribution in [-0.2, 0) is 0 Å². The van der Waals surface area contributed by atoms with Crippen molar-refractivity contribution in [1.29, 1.82) is 0 Å². The van der Waals surface area contributed by atoms with Crippen LogP contribution >= 0.6 is 0 Å². The molecule has 0 aliphatic carbocycles. The van der Waals surface area contributed by atoms with Crippen molar-refractivity contribution in [2.24, 2.45) is 0 Å². The van der Waals surface area contributed by atoms with Crippen molar-refractivity contribution < 1.29 is 19.1 Å². The number of carbonyl (C=O) groups excluding carboxylic acids is 1. The Bertz CT molecular complexity index is 636. The fourth-order valence-electron chi connectivity index (χ4n) is 1.48. The first kappa shape index (κ1) is 11.9. The lowest BCUT2D eigenvalue weighted by Crippen LogP contribution is -2.08. The maximum absolute atomic E-state index is 13.8. The van der Waals surface area contributed by atoms with Gasteiger partial charge in [-0.3, -0.25) is 4.79 Å². The number of aromatic nitrogens is 3. The number of carboxylic acids is 1. The number of aryl methyl sites for hydroxylation is 1. The summed E-state index contributed by atoms with van der Waals surface area (Å²) in [6.45, 7) is 1.56. The van der Waals surface area contributed by atoms with Crippen LogP contribution in [0.4, 0.5) is 4.39 Å². The molecule has 92 valence electrons. The molecular formula is C11H8FN3O3. The smallest absolute Gasteiger partial charge is 0.356 e. The molecule has 2 aromatic rings. The van der Waals surface area contributed by atoms with E-state index in [0.29, 0.717) is 12.0 Å². The molecule has 18 heavy (non-hydrogen) atoms. The highest BCUT2D eigenvalue weighted by molar-refractivity contribution is 5.85. The third-order valence-electron chi connectivity index (χ3n) is 2.33. The molecule has 2 heterocycles. The number of carboxylic acid groups (broad SMARTS) is 1. The predicted molar refractivity (Wildman–Crippen MR) is 58.4 cm³/mol. The van der Waals surface area contributed by atoms with Crippen LogP contribution in [0.2, 0.25) is 0 Å². The van der Waals surface area contributed by atoms with E-state index in [-0.39, 0.29) is 17.1 Å².